The Morgan fingerprint density at radius 2 is 1.81 bits per heavy atom. The lowest BCUT2D eigenvalue weighted by atomic mass is 9.86. The van der Waals surface area contributed by atoms with Gasteiger partial charge in [0.2, 0.25) is 5.91 Å². The Morgan fingerprint density at radius 1 is 1.11 bits per heavy atom. The van der Waals surface area contributed by atoms with Gasteiger partial charge < -0.3 is 10.6 Å². The van der Waals surface area contributed by atoms with Crippen molar-refractivity contribution >= 4 is 29.3 Å². The van der Waals surface area contributed by atoms with Crippen LogP contribution in [0.1, 0.15) is 43.0 Å². The minimum absolute atomic E-state index is 0.0524. The van der Waals surface area contributed by atoms with Crippen LogP contribution in [0.4, 0.5) is 5.69 Å². The number of thioether (sulfide) groups is 1. The summed E-state index contributed by atoms with van der Waals surface area (Å²) in [5, 5.41) is 6.53. The molecule has 0 radical (unpaired) electrons. The summed E-state index contributed by atoms with van der Waals surface area (Å²) in [6, 6.07) is 8.97. The Labute approximate surface area is 163 Å². The van der Waals surface area contributed by atoms with Crippen molar-refractivity contribution < 1.29 is 9.59 Å². The molecule has 142 valence electrons. The maximum Gasteiger partial charge on any atom is 0.251 e. The van der Waals surface area contributed by atoms with Crippen LogP contribution in [0.5, 0.6) is 0 Å². The fourth-order valence-corrected chi connectivity index (χ4v) is 3.78. The second kappa shape index (κ2) is 9.50. The molecule has 0 bridgehead atoms. The van der Waals surface area contributed by atoms with Crippen LogP contribution in [0.25, 0.3) is 0 Å². The number of nitrogens with one attached hydrogen (secondary N) is 2. The van der Waals surface area contributed by atoms with Gasteiger partial charge in [0.25, 0.3) is 5.91 Å². The quantitative estimate of drug-likeness (QED) is 0.588. The number of hydrogen-bond donors (Lipinski definition) is 2. The van der Waals surface area contributed by atoms with Crippen molar-refractivity contribution in [3.05, 3.63) is 48.3 Å². The Morgan fingerprint density at radius 3 is 2.52 bits per heavy atom. The van der Waals surface area contributed by atoms with Crippen molar-refractivity contribution in [2.24, 2.45) is 5.92 Å². The normalized spacial score (nSPS) is 19.3. The van der Waals surface area contributed by atoms with Crippen molar-refractivity contribution in [2.45, 2.75) is 43.8 Å². The molecular weight excluding hydrogens is 360 g/mol. The standard InChI is InChI=1S/C20H24N4O2S/c1-14-5-2-3-6-17(14)24-19(26)15-7-9-16(10-8-15)23-18(25)13-27-20-21-11-4-12-22-20/h4,7-12,14,17H,2-3,5-6,13H2,1H3,(H,23,25)(H,24,26). The number of anilines is 1. The van der Waals surface area contributed by atoms with Gasteiger partial charge in [-0.3, -0.25) is 9.59 Å². The molecule has 0 aliphatic heterocycles. The van der Waals surface area contributed by atoms with Crippen molar-refractivity contribution in [1.82, 2.24) is 15.3 Å². The minimum Gasteiger partial charge on any atom is -0.349 e. The highest BCUT2D eigenvalue weighted by Gasteiger charge is 2.23. The van der Waals surface area contributed by atoms with E-state index in [1.165, 1.54) is 31.0 Å². The molecule has 2 N–H and O–H groups in total. The van der Waals surface area contributed by atoms with Crippen molar-refractivity contribution in [3.8, 4) is 0 Å². The maximum atomic E-state index is 12.4. The van der Waals surface area contributed by atoms with Crippen LogP contribution in [0, 0.1) is 5.92 Å². The fourth-order valence-electron chi connectivity index (χ4n) is 3.17. The number of rotatable bonds is 6. The molecule has 1 aromatic carbocycles. The average molecular weight is 385 g/mol. The van der Waals surface area contributed by atoms with Gasteiger partial charge in [0.15, 0.2) is 5.16 Å². The fraction of sp³-hybridized carbons (Fsp3) is 0.400. The molecule has 0 saturated heterocycles. The van der Waals surface area contributed by atoms with E-state index in [1.807, 2.05) is 0 Å². The van der Waals surface area contributed by atoms with Gasteiger partial charge in [-0.05, 0) is 49.1 Å². The highest BCUT2D eigenvalue weighted by molar-refractivity contribution is 7.99. The summed E-state index contributed by atoms with van der Waals surface area (Å²) in [5.74, 6) is 0.558. The highest BCUT2D eigenvalue weighted by Crippen LogP contribution is 2.24. The zero-order valence-electron chi connectivity index (χ0n) is 15.4. The summed E-state index contributed by atoms with van der Waals surface area (Å²) in [7, 11) is 0. The summed E-state index contributed by atoms with van der Waals surface area (Å²) in [5.41, 5.74) is 1.27. The molecule has 2 atom stereocenters. The number of carbonyl (C=O) groups is 2. The van der Waals surface area contributed by atoms with E-state index in [0.717, 1.165) is 6.42 Å². The lowest BCUT2D eigenvalue weighted by Crippen LogP contribution is -2.41. The Kier molecular flexibility index (Phi) is 6.81. The van der Waals surface area contributed by atoms with Gasteiger partial charge in [-0.25, -0.2) is 9.97 Å². The number of nitrogens with zero attached hydrogens (tertiary/aromatic N) is 2. The molecule has 27 heavy (non-hydrogen) atoms. The summed E-state index contributed by atoms with van der Waals surface area (Å²) < 4.78 is 0. The number of aromatic nitrogens is 2. The number of carbonyl (C=O) groups excluding carboxylic acids is 2. The van der Waals surface area contributed by atoms with Gasteiger partial charge in [-0.15, -0.1) is 0 Å². The van der Waals surface area contributed by atoms with E-state index in [1.54, 1.807) is 42.7 Å². The lowest BCUT2D eigenvalue weighted by molar-refractivity contribution is -0.113. The Hall–Kier alpha value is -2.41. The Bertz CT molecular complexity index is 767. The molecule has 1 aliphatic rings. The van der Waals surface area contributed by atoms with E-state index in [4.69, 9.17) is 0 Å². The zero-order valence-corrected chi connectivity index (χ0v) is 16.2. The van der Waals surface area contributed by atoms with Crippen molar-refractivity contribution in [3.63, 3.8) is 0 Å². The van der Waals surface area contributed by atoms with E-state index in [2.05, 4.69) is 27.5 Å². The summed E-state index contributed by atoms with van der Waals surface area (Å²) in [6.07, 6.45) is 7.92. The van der Waals surface area contributed by atoms with Crippen LogP contribution >= 0.6 is 11.8 Å². The molecule has 1 heterocycles. The van der Waals surface area contributed by atoms with Crippen molar-refractivity contribution in [2.75, 3.05) is 11.1 Å². The number of hydrogen-bond acceptors (Lipinski definition) is 5. The van der Waals surface area contributed by atoms with Crippen LogP contribution in [-0.4, -0.2) is 33.6 Å². The van der Waals surface area contributed by atoms with E-state index < -0.39 is 0 Å². The third-order valence-electron chi connectivity index (χ3n) is 4.73. The minimum atomic E-state index is -0.138. The second-order valence-electron chi connectivity index (χ2n) is 6.79. The smallest absolute Gasteiger partial charge is 0.251 e. The van der Waals surface area contributed by atoms with Crippen LogP contribution in [-0.2, 0) is 4.79 Å². The molecule has 1 saturated carbocycles. The molecule has 0 spiro atoms. The van der Waals surface area contributed by atoms with Crippen LogP contribution in [0.15, 0.2) is 47.9 Å². The zero-order chi connectivity index (χ0) is 19.1. The average Bonchev–Trinajstić information content (AvgIpc) is 2.69. The predicted molar refractivity (Wildman–Crippen MR) is 107 cm³/mol. The molecule has 1 aliphatic carbocycles. The highest BCUT2D eigenvalue weighted by atomic mass is 32.2. The predicted octanol–water partition coefficient (Wildman–Crippen LogP) is 3.52. The first-order valence-corrected chi connectivity index (χ1v) is 10.2. The van der Waals surface area contributed by atoms with Crippen LogP contribution in [0.3, 0.4) is 0 Å². The topological polar surface area (TPSA) is 84.0 Å². The summed E-state index contributed by atoms with van der Waals surface area (Å²) >= 11 is 1.28. The van der Waals surface area contributed by atoms with Gasteiger partial charge in [-0.1, -0.05) is 31.5 Å². The van der Waals surface area contributed by atoms with Crippen molar-refractivity contribution in [1.29, 1.82) is 0 Å². The lowest BCUT2D eigenvalue weighted by Gasteiger charge is -2.29. The molecule has 6 nitrogen and oxygen atoms in total. The molecule has 2 unspecified atom stereocenters. The van der Waals surface area contributed by atoms with E-state index in [0.29, 0.717) is 22.3 Å². The van der Waals surface area contributed by atoms with E-state index in [9.17, 15) is 9.59 Å². The summed E-state index contributed by atoms with van der Waals surface area (Å²) in [4.78, 5) is 32.6. The third-order valence-corrected chi connectivity index (χ3v) is 5.61. The SMILES string of the molecule is CC1CCCCC1NC(=O)c1ccc(NC(=O)CSc2ncccn2)cc1. The summed E-state index contributed by atoms with van der Waals surface area (Å²) in [6.45, 7) is 2.20. The van der Waals surface area contributed by atoms with Gasteiger partial charge in [-0.2, -0.15) is 0 Å². The van der Waals surface area contributed by atoms with Gasteiger partial charge in [0.05, 0.1) is 5.75 Å². The van der Waals surface area contributed by atoms with Gasteiger partial charge in [0.1, 0.15) is 0 Å². The molecule has 2 amide bonds. The monoisotopic (exact) mass is 384 g/mol. The number of benzene rings is 1. The second-order valence-corrected chi connectivity index (χ2v) is 7.73. The van der Waals surface area contributed by atoms with E-state index >= 15 is 0 Å². The molecule has 2 aromatic rings. The first kappa shape index (κ1) is 19.4. The molecule has 7 heteroatoms. The number of amides is 2. The largest absolute Gasteiger partial charge is 0.349 e. The molecule has 1 aromatic heterocycles. The van der Waals surface area contributed by atoms with Crippen LogP contribution in [0.2, 0.25) is 0 Å². The third kappa shape index (κ3) is 5.79. The van der Waals surface area contributed by atoms with Gasteiger partial charge >= 0.3 is 0 Å². The van der Waals surface area contributed by atoms with Crippen LogP contribution < -0.4 is 10.6 Å². The first-order valence-electron chi connectivity index (χ1n) is 9.22. The molecular formula is C20H24N4O2S. The van der Waals surface area contributed by atoms with E-state index in [-0.39, 0.29) is 23.6 Å². The Balaban J connectivity index is 1.49. The first-order chi connectivity index (χ1) is 13.1. The molecule has 3 rings (SSSR count). The van der Waals surface area contributed by atoms with Gasteiger partial charge in [0, 0.05) is 29.7 Å². The molecule has 1 fully saturated rings. The maximum absolute atomic E-state index is 12.4.